The van der Waals surface area contributed by atoms with E-state index in [0.29, 0.717) is 30.9 Å². The quantitative estimate of drug-likeness (QED) is 0.321. The van der Waals surface area contributed by atoms with Crippen molar-refractivity contribution in [2.75, 3.05) is 25.5 Å². The van der Waals surface area contributed by atoms with Crippen LogP contribution >= 0.6 is 23.7 Å². The van der Waals surface area contributed by atoms with Gasteiger partial charge in [-0.25, -0.2) is 4.98 Å². The lowest BCUT2D eigenvalue weighted by atomic mass is 9.96. The third-order valence-electron chi connectivity index (χ3n) is 5.26. The van der Waals surface area contributed by atoms with Gasteiger partial charge >= 0.3 is 5.97 Å². The number of nitrogens with zero attached hydrogens (tertiary/aromatic N) is 2. The summed E-state index contributed by atoms with van der Waals surface area (Å²) in [6.07, 6.45) is 0. The van der Waals surface area contributed by atoms with Crippen molar-refractivity contribution in [3.63, 3.8) is 0 Å². The molecule has 6 nitrogen and oxygen atoms in total. The van der Waals surface area contributed by atoms with E-state index in [0.717, 1.165) is 26.9 Å². The van der Waals surface area contributed by atoms with Crippen molar-refractivity contribution < 1.29 is 14.3 Å². The summed E-state index contributed by atoms with van der Waals surface area (Å²) in [5.74, 6) is -0.462. The Labute approximate surface area is 209 Å². The molecular weight excluding hydrogens is 470 g/mol. The van der Waals surface area contributed by atoms with Crippen molar-refractivity contribution in [1.29, 1.82) is 0 Å². The predicted octanol–water partition coefficient (Wildman–Crippen LogP) is 5.63. The van der Waals surface area contributed by atoms with Gasteiger partial charge in [-0.1, -0.05) is 36.4 Å². The average molecular weight is 496 g/mol. The topological polar surface area (TPSA) is 71.5 Å². The molecule has 1 N–H and O–H groups in total. The number of hydrogen-bond acceptors (Lipinski definition) is 6. The van der Waals surface area contributed by atoms with Gasteiger partial charge in [0, 0.05) is 31.3 Å². The molecule has 0 radical (unpaired) electrons. The van der Waals surface area contributed by atoms with E-state index >= 15 is 0 Å². The largest absolute Gasteiger partial charge is 0.465 e. The molecule has 0 aliphatic rings. The Bertz CT molecular complexity index is 1280. The number of nitrogens with one attached hydrogen (secondary N) is 1. The summed E-state index contributed by atoms with van der Waals surface area (Å²) >= 11 is 1.57. The minimum absolute atomic E-state index is 0. The number of benzene rings is 3. The first-order chi connectivity index (χ1) is 16.0. The molecule has 34 heavy (non-hydrogen) atoms. The lowest BCUT2D eigenvalue weighted by Crippen LogP contribution is -2.24. The van der Waals surface area contributed by atoms with Crippen LogP contribution in [0.4, 0.5) is 5.69 Å². The van der Waals surface area contributed by atoms with E-state index in [9.17, 15) is 9.59 Å². The highest BCUT2D eigenvalue weighted by Crippen LogP contribution is 2.27. The number of thiazole rings is 1. The van der Waals surface area contributed by atoms with Crippen LogP contribution in [0.3, 0.4) is 0 Å². The summed E-state index contributed by atoms with van der Waals surface area (Å²) in [6.45, 7) is 2.93. The Morgan fingerprint density at radius 1 is 1.06 bits per heavy atom. The number of carbonyl (C=O) groups is 2. The zero-order valence-electron chi connectivity index (χ0n) is 19.0. The Morgan fingerprint density at radius 3 is 2.62 bits per heavy atom. The van der Waals surface area contributed by atoms with Crippen LogP contribution in [-0.2, 0) is 16.1 Å². The number of rotatable bonds is 8. The molecule has 8 heteroatoms. The molecule has 0 spiro atoms. The zero-order chi connectivity index (χ0) is 23.2. The number of ether oxygens (including phenoxy) is 1. The second-order valence-corrected chi connectivity index (χ2v) is 8.69. The molecule has 0 fully saturated rings. The van der Waals surface area contributed by atoms with Crippen LogP contribution in [0.1, 0.15) is 22.8 Å². The number of likely N-dealkylation sites (N-methyl/N-ethyl adjacent to an activating group) is 1. The SMILES string of the molecule is CC(=O)OCCN(C)Cc1cc(C(=O)Nc2ccc3scnc3c2)ccc1-c1ccccc1.Cl. The number of fused-ring (bicyclic) bond motifs is 1. The third kappa shape index (κ3) is 6.41. The van der Waals surface area contributed by atoms with E-state index in [1.54, 1.807) is 16.8 Å². The van der Waals surface area contributed by atoms with Gasteiger partial charge < -0.3 is 10.1 Å². The summed E-state index contributed by atoms with van der Waals surface area (Å²) in [5.41, 5.74) is 7.13. The Balaban J connectivity index is 0.00000324. The van der Waals surface area contributed by atoms with Crippen LogP contribution in [0, 0.1) is 0 Å². The Kier molecular flexibility index (Phi) is 8.76. The molecule has 0 aliphatic carbocycles. The van der Waals surface area contributed by atoms with E-state index in [2.05, 4.69) is 27.3 Å². The van der Waals surface area contributed by atoms with E-state index < -0.39 is 0 Å². The number of carbonyl (C=O) groups excluding carboxylic acids is 2. The van der Waals surface area contributed by atoms with E-state index in [-0.39, 0.29) is 24.3 Å². The lowest BCUT2D eigenvalue weighted by Gasteiger charge is -2.20. The van der Waals surface area contributed by atoms with Crippen molar-refractivity contribution in [2.24, 2.45) is 0 Å². The van der Waals surface area contributed by atoms with E-state index in [1.165, 1.54) is 6.92 Å². The van der Waals surface area contributed by atoms with Crippen LogP contribution in [0.15, 0.2) is 72.2 Å². The highest BCUT2D eigenvalue weighted by Gasteiger charge is 2.14. The Morgan fingerprint density at radius 2 is 1.85 bits per heavy atom. The highest BCUT2D eigenvalue weighted by molar-refractivity contribution is 7.16. The highest BCUT2D eigenvalue weighted by atomic mass is 35.5. The number of anilines is 1. The van der Waals surface area contributed by atoms with Crippen LogP contribution < -0.4 is 5.32 Å². The summed E-state index contributed by atoms with van der Waals surface area (Å²) in [5, 5.41) is 2.98. The number of halogens is 1. The van der Waals surface area contributed by atoms with Crippen molar-refractivity contribution >= 4 is 51.5 Å². The summed E-state index contributed by atoms with van der Waals surface area (Å²) in [4.78, 5) is 30.5. The van der Waals surface area contributed by atoms with Gasteiger partial charge in [0.2, 0.25) is 0 Å². The van der Waals surface area contributed by atoms with Gasteiger partial charge in [-0.15, -0.1) is 23.7 Å². The van der Waals surface area contributed by atoms with Crippen molar-refractivity contribution in [1.82, 2.24) is 9.88 Å². The maximum absolute atomic E-state index is 13.0. The van der Waals surface area contributed by atoms with Crippen molar-refractivity contribution in [3.8, 4) is 11.1 Å². The number of hydrogen-bond donors (Lipinski definition) is 1. The first-order valence-electron chi connectivity index (χ1n) is 10.6. The second-order valence-electron chi connectivity index (χ2n) is 7.80. The number of esters is 1. The molecule has 0 atom stereocenters. The van der Waals surface area contributed by atoms with Crippen molar-refractivity contribution in [2.45, 2.75) is 13.5 Å². The van der Waals surface area contributed by atoms with Gasteiger partial charge in [-0.3, -0.25) is 14.5 Å². The molecule has 0 saturated heterocycles. The molecule has 0 unspecified atom stereocenters. The molecule has 1 aromatic heterocycles. The zero-order valence-corrected chi connectivity index (χ0v) is 20.6. The van der Waals surface area contributed by atoms with Gasteiger partial charge in [0.1, 0.15) is 6.61 Å². The molecule has 3 aromatic carbocycles. The maximum Gasteiger partial charge on any atom is 0.302 e. The normalized spacial score (nSPS) is 10.7. The van der Waals surface area contributed by atoms with Crippen LogP contribution in [0.5, 0.6) is 0 Å². The standard InChI is InChI=1S/C26H25N3O3S.ClH/c1-18(30)32-13-12-29(2)16-21-14-20(8-10-23(21)19-6-4-3-5-7-19)26(31)28-22-9-11-25-24(15-22)27-17-33-25;/h3-11,14-15,17H,12-13,16H2,1-2H3,(H,28,31);1H. The van der Waals surface area contributed by atoms with Gasteiger partial charge in [-0.2, -0.15) is 0 Å². The average Bonchev–Trinajstić information content (AvgIpc) is 3.27. The smallest absolute Gasteiger partial charge is 0.302 e. The number of aromatic nitrogens is 1. The van der Waals surface area contributed by atoms with E-state index in [4.69, 9.17) is 4.74 Å². The summed E-state index contributed by atoms with van der Waals surface area (Å²) in [6, 6.07) is 21.6. The molecule has 176 valence electrons. The monoisotopic (exact) mass is 495 g/mol. The minimum atomic E-state index is -0.289. The van der Waals surface area contributed by atoms with Gasteiger partial charge in [0.25, 0.3) is 5.91 Å². The first kappa shape index (κ1) is 25.4. The molecule has 1 amide bonds. The molecular formula is C26H26ClN3O3S. The third-order valence-corrected chi connectivity index (χ3v) is 6.07. The summed E-state index contributed by atoms with van der Waals surface area (Å²) in [7, 11) is 1.97. The van der Waals surface area contributed by atoms with Crippen LogP contribution in [-0.4, -0.2) is 42.0 Å². The Hall–Kier alpha value is -3.26. The predicted molar refractivity (Wildman–Crippen MR) is 140 cm³/mol. The first-order valence-corrected chi connectivity index (χ1v) is 11.5. The fourth-order valence-corrected chi connectivity index (χ4v) is 4.28. The fourth-order valence-electron chi connectivity index (χ4n) is 3.62. The van der Waals surface area contributed by atoms with E-state index in [1.807, 2.05) is 61.6 Å². The molecule has 4 rings (SSSR count). The minimum Gasteiger partial charge on any atom is -0.465 e. The van der Waals surface area contributed by atoms with Crippen molar-refractivity contribution in [3.05, 3.63) is 83.4 Å². The van der Waals surface area contributed by atoms with Crippen LogP contribution in [0.25, 0.3) is 21.3 Å². The molecule has 0 bridgehead atoms. The van der Waals surface area contributed by atoms with Gasteiger partial charge in [-0.05, 0) is 54.1 Å². The number of amides is 1. The van der Waals surface area contributed by atoms with Gasteiger partial charge in [0.15, 0.2) is 0 Å². The second kappa shape index (κ2) is 11.7. The lowest BCUT2D eigenvalue weighted by molar-refractivity contribution is -0.141. The molecule has 0 saturated carbocycles. The van der Waals surface area contributed by atoms with Gasteiger partial charge in [0.05, 0.1) is 15.7 Å². The molecule has 0 aliphatic heterocycles. The van der Waals surface area contributed by atoms with Crippen LogP contribution in [0.2, 0.25) is 0 Å². The summed E-state index contributed by atoms with van der Waals surface area (Å²) < 4.78 is 6.15. The molecule has 1 heterocycles. The maximum atomic E-state index is 13.0. The fraction of sp³-hybridized carbons (Fsp3) is 0.192. The molecule has 4 aromatic rings.